The summed E-state index contributed by atoms with van der Waals surface area (Å²) in [5, 5.41) is 31.6. The molecule has 0 bridgehead atoms. The zero-order valence-electron chi connectivity index (χ0n) is 51.6. The Balaban J connectivity index is 2.72. The van der Waals surface area contributed by atoms with Gasteiger partial charge in [-0.05, 0) is 128 Å². The van der Waals surface area contributed by atoms with E-state index in [9.17, 15) is 34.5 Å². The Bertz CT molecular complexity index is 1950. The molecule has 0 aromatic carbocycles. The van der Waals surface area contributed by atoms with Gasteiger partial charge in [0.1, 0.15) is 18.8 Å². The van der Waals surface area contributed by atoms with Gasteiger partial charge in [0.2, 0.25) is 0 Å². The van der Waals surface area contributed by atoms with Crippen molar-refractivity contribution in [3.63, 3.8) is 0 Å². The number of allylic oxidation sites excluding steroid dienone is 22. The standard InChI is InChI=1S/C71H112O12/c1-4-7-10-13-16-19-22-25-28-31-32-35-38-41-44-47-50-53-56-59-65(74)82-69-67(76)66(75)68(70(77)78)83-71(69)80-61-62(81-64(73)58-55-52-49-46-43-40-37-34-30-27-24-21-18-15-12-9-6-3)60-79-63(72)57-54-51-48-45-42-39-36-33-29-26-23-20-17-14-11-8-5-2/h8-9,11-12,16-21,25-30,36-37,39-40,45,48,62,66-69,71,75-76H,4-7,10,13-15,22-24,31-35,38,41-44,46-47,49-61H2,1-3H3,(H,77,78)/b11-8-,12-9-,19-16-,20-17-,21-18-,28-25-,29-26-,30-27-,39-36-,40-37-,48-45-. The van der Waals surface area contributed by atoms with Crippen LogP contribution in [0.25, 0.3) is 0 Å². The molecule has 6 unspecified atom stereocenters. The van der Waals surface area contributed by atoms with Gasteiger partial charge < -0.3 is 39.0 Å². The molecule has 1 fully saturated rings. The van der Waals surface area contributed by atoms with Crippen molar-refractivity contribution < 1.29 is 58.2 Å². The molecule has 0 saturated carbocycles. The number of unbranched alkanes of at least 4 members (excludes halogenated alkanes) is 17. The van der Waals surface area contributed by atoms with Crippen molar-refractivity contribution >= 4 is 23.9 Å². The average Bonchev–Trinajstić information content (AvgIpc) is 3.58. The third-order valence-electron chi connectivity index (χ3n) is 13.7. The molecule has 3 N–H and O–H groups in total. The lowest BCUT2D eigenvalue weighted by molar-refractivity contribution is -0.301. The number of carboxylic acid groups (broad SMARTS) is 1. The van der Waals surface area contributed by atoms with Crippen LogP contribution in [0.5, 0.6) is 0 Å². The molecule has 12 heteroatoms. The van der Waals surface area contributed by atoms with E-state index in [1.54, 1.807) is 0 Å². The van der Waals surface area contributed by atoms with Crippen LogP contribution in [0, 0.1) is 0 Å². The predicted octanol–water partition coefficient (Wildman–Crippen LogP) is 17.3. The van der Waals surface area contributed by atoms with E-state index in [0.717, 1.165) is 122 Å². The van der Waals surface area contributed by atoms with Gasteiger partial charge >= 0.3 is 23.9 Å². The predicted molar refractivity (Wildman–Crippen MR) is 340 cm³/mol. The molecule has 6 atom stereocenters. The lowest BCUT2D eigenvalue weighted by Crippen LogP contribution is -2.61. The van der Waals surface area contributed by atoms with Crippen molar-refractivity contribution in [2.75, 3.05) is 13.2 Å². The highest BCUT2D eigenvalue weighted by atomic mass is 16.7. The zero-order valence-corrected chi connectivity index (χ0v) is 51.6. The van der Waals surface area contributed by atoms with Crippen LogP contribution in [0.4, 0.5) is 0 Å². The number of rotatable bonds is 53. The lowest BCUT2D eigenvalue weighted by Gasteiger charge is -2.40. The van der Waals surface area contributed by atoms with Gasteiger partial charge in [0, 0.05) is 19.3 Å². The molecule has 0 aromatic heterocycles. The fraction of sp³-hybridized carbons (Fsp3) is 0.634. The van der Waals surface area contributed by atoms with E-state index in [0.29, 0.717) is 25.7 Å². The highest BCUT2D eigenvalue weighted by Crippen LogP contribution is 2.26. The normalized spacial score (nSPS) is 18.5. The van der Waals surface area contributed by atoms with Crippen LogP contribution >= 0.6 is 0 Å². The van der Waals surface area contributed by atoms with Crippen LogP contribution in [0.2, 0.25) is 0 Å². The summed E-state index contributed by atoms with van der Waals surface area (Å²) in [5.74, 6) is -3.25. The minimum Gasteiger partial charge on any atom is -0.479 e. The first-order valence-electron chi connectivity index (χ1n) is 32.2. The van der Waals surface area contributed by atoms with Gasteiger partial charge in [-0.1, -0.05) is 225 Å². The number of carboxylic acids is 1. The second kappa shape index (κ2) is 57.3. The van der Waals surface area contributed by atoms with Crippen LogP contribution in [-0.2, 0) is 42.9 Å². The van der Waals surface area contributed by atoms with E-state index in [4.69, 9.17) is 23.7 Å². The van der Waals surface area contributed by atoms with Gasteiger partial charge in [0.15, 0.2) is 24.6 Å². The molecule has 0 aromatic rings. The fourth-order valence-electron chi connectivity index (χ4n) is 8.84. The molecule has 1 aliphatic heterocycles. The molecule has 1 aliphatic rings. The summed E-state index contributed by atoms with van der Waals surface area (Å²) in [6, 6.07) is 0. The Morgan fingerprint density at radius 1 is 0.410 bits per heavy atom. The largest absolute Gasteiger partial charge is 0.479 e. The topological polar surface area (TPSA) is 175 Å². The third kappa shape index (κ3) is 46.9. The monoisotopic (exact) mass is 1160 g/mol. The van der Waals surface area contributed by atoms with E-state index in [2.05, 4.69) is 148 Å². The number of aliphatic hydroxyl groups excluding tert-OH is 2. The summed E-state index contributed by atoms with van der Waals surface area (Å²) in [7, 11) is 0. The van der Waals surface area contributed by atoms with E-state index in [-0.39, 0.29) is 25.9 Å². The molecule has 0 radical (unpaired) electrons. The Kier molecular flexibility index (Phi) is 52.4. The summed E-state index contributed by atoms with van der Waals surface area (Å²) in [6.07, 6.45) is 68.4. The molecule has 83 heavy (non-hydrogen) atoms. The molecular formula is C71H112O12. The summed E-state index contributed by atoms with van der Waals surface area (Å²) < 4.78 is 28.4. The third-order valence-corrected chi connectivity index (χ3v) is 13.7. The smallest absolute Gasteiger partial charge is 0.335 e. The van der Waals surface area contributed by atoms with Crippen molar-refractivity contribution in [1.82, 2.24) is 0 Å². The molecule has 12 nitrogen and oxygen atoms in total. The first-order valence-corrected chi connectivity index (χ1v) is 32.2. The van der Waals surface area contributed by atoms with Crippen LogP contribution in [-0.4, -0.2) is 89.2 Å². The van der Waals surface area contributed by atoms with Gasteiger partial charge in [0.05, 0.1) is 6.61 Å². The number of esters is 3. The second-order valence-corrected chi connectivity index (χ2v) is 21.3. The maximum absolute atomic E-state index is 13.2. The van der Waals surface area contributed by atoms with Crippen molar-refractivity contribution in [3.8, 4) is 0 Å². The molecule has 0 aliphatic carbocycles. The number of aliphatic carboxylic acids is 1. The maximum atomic E-state index is 13.2. The molecule has 1 rings (SSSR count). The van der Waals surface area contributed by atoms with Crippen LogP contribution in [0.3, 0.4) is 0 Å². The van der Waals surface area contributed by atoms with Crippen molar-refractivity contribution in [2.24, 2.45) is 0 Å². The van der Waals surface area contributed by atoms with Crippen molar-refractivity contribution in [1.29, 1.82) is 0 Å². The van der Waals surface area contributed by atoms with Gasteiger partial charge in [-0.2, -0.15) is 0 Å². The maximum Gasteiger partial charge on any atom is 0.335 e. The first-order chi connectivity index (χ1) is 40.6. The van der Waals surface area contributed by atoms with Gasteiger partial charge in [-0.15, -0.1) is 0 Å². The number of aliphatic hydroxyl groups is 2. The van der Waals surface area contributed by atoms with Crippen LogP contribution < -0.4 is 0 Å². The molecule has 0 spiro atoms. The van der Waals surface area contributed by atoms with Gasteiger partial charge in [-0.25, -0.2) is 4.79 Å². The Morgan fingerprint density at radius 2 is 0.771 bits per heavy atom. The number of carbonyl (C=O) groups excluding carboxylic acids is 3. The fourth-order valence-corrected chi connectivity index (χ4v) is 8.84. The average molecular weight is 1160 g/mol. The highest BCUT2D eigenvalue weighted by molar-refractivity contribution is 5.74. The molecule has 468 valence electrons. The lowest BCUT2D eigenvalue weighted by atomic mass is 9.98. The Labute approximate surface area is 502 Å². The van der Waals surface area contributed by atoms with Crippen LogP contribution in [0.1, 0.15) is 239 Å². The molecule has 0 amide bonds. The Morgan fingerprint density at radius 3 is 1.19 bits per heavy atom. The quantitative estimate of drug-likeness (QED) is 0.0228. The minimum absolute atomic E-state index is 0.0399. The Hall–Kier alpha value is -5.14. The highest BCUT2D eigenvalue weighted by Gasteiger charge is 2.50. The summed E-state index contributed by atoms with van der Waals surface area (Å²) >= 11 is 0. The van der Waals surface area contributed by atoms with Crippen molar-refractivity contribution in [3.05, 3.63) is 134 Å². The number of ether oxygens (including phenoxy) is 5. The number of hydrogen-bond acceptors (Lipinski definition) is 11. The van der Waals surface area contributed by atoms with E-state index >= 15 is 0 Å². The van der Waals surface area contributed by atoms with Gasteiger partial charge in [0.25, 0.3) is 0 Å². The molecule has 1 saturated heterocycles. The SMILES string of the molecule is CC/C=C\C/C=C\C/C=C\C/C=C\C/C=C\CCCC(=O)OCC(COC1OC(C(=O)O)C(O)C(O)C1OC(=O)CCCCCCCCCCC/C=C\C/C=C\CCCCC)OC(=O)CCCCCC/C=C\C/C=C\C/C=C\C/C=C\CC. The first kappa shape index (κ1) is 75.9. The number of hydrogen-bond donors (Lipinski definition) is 3. The minimum atomic E-state index is -1.92. The van der Waals surface area contributed by atoms with Crippen LogP contribution in [0.15, 0.2) is 134 Å². The molecule has 1 heterocycles. The zero-order chi connectivity index (χ0) is 60.3. The second-order valence-electron chi connectivity index (χ2n) is 21.3. The summed E-state index contributed by atoms with van der Waals surface area (Å²) in [6.45, 7) is 5.68. The van der Waals surface area contributed by atoms with E-state index < -0.39 is 67.3 Å². The summed E-state index contributed by atoms with van der Waals surface area (Å²) in [4.78, 5) is 51.3. The van der Waals surface area contributed by atoms with Crippen molar-refractivity contribution in [2.45, 2.75) is 276 Å². The van der Waals surface area contributed by atoms with Gasteiger partial charge in [-0.3, -0.25) is 14.4 Å². The molecular weight excluding hydrogens is 1040 g/mol. The van der Waals surface area contributed by atoms with E-state index in [1.165, 1.54) is 51.4 Å². The van der Waals surface area contributed by atoms with E-state index in [1.807, 2.05) is 6.08 Å². The summed E-state index contributed by atoms with van der Waals surface area (Å²) in [5.41, 5.74) is 0. The number of carbonyl (C=O) groups is 4.